The van der Waals surface area contributed by atoms with Crippen LogP contribution in [0.5, 0.6) is 0 Å². The molecule has 0 N–H and O–H groups in total. The largest absolute Gasteiger partial charge is 0.456 e. The predicted molar refractivity (Wildman–Crippen MR) is 633 cm³/mol. The van der Waals surface area contributed by atoms with Crippen LogP contribution in [-0.2, 0) is 0 Å². The van der Waals surface area contributed by atoms with Crippen LogP contribution < -0.4 is 14.7 Å². The molecular weight excluding hydrogens is 1820 g/mol. The second kappa shape index (κ2) is 37.3. The molecule has 25 aromatic carbocycles. The summed E-state index contributed by atoms with van der Waals surface area (Å²) in [4.78, 5) is 7.07. The third kappa shape index (κ3) is 15.8. The van der Waals surface area contributed by atoms with E-state index in [1.807, 2.05) is 24.3 Å². The molecule has 5 heterocycles. The smallest absolute Gasteiger partial charge is 0.137 e. The zero-order chi connectivity index (χ0) is 99.1. The minimum absolute atomic E-state index is 0.867. The molecule has 0 fully saturated rings. The van der Waals surface area contributed by atoms with Gasteiger partial charge in [-0.3, -0.25) is 0 Å². The summed E-state index contributed by atoms with van der Waals surface area (Å²) in [5, 5.41) is 21.7. The van der Waals surface area contributed by atoms with Gasteiger partial charge in [0.05, 0.1) is 33.1 Å². The second-order valence-electron chi connectivity index (χ2n) is 38.6. The van der Waals surface area contributed by atoms with Gasteiger partial charge in [-0.25, -0.2) is 0 Å². The van der Waals surface area contributed by atoms with Gasteiger partial charge in [0, 0.05) is 140 Å². The first-order chi connectivity index (χ1) is 74.3. The minimum atomic E-state index is 0.867. The van der Waals surface area contributed by atoms with Crippen LogP contribution in [0.4, 0.5) is 51.2 Å². The number of para-hydroxylation sites is 5. The number of nitrogens with zero attached hydrogens (tertiary/aromatic N) is 6. The highest BCUT2D eigenvalue weighted by molar-refractivity contribution is 6.21. The average Bonchev–Trinajstić information content (AvgIpc) is 1.58. The molecular formula is C142H94N6O2. The Kier molecular flexibility index (Phi) is 21.8. The maximum atomic E-state index is 6.44. The Balaban J connectivity index is 0.000000108. The number of furan rings is 2. The minimum Gasteiger partial charge on any atom is -0.456 e. The topological polar surface area (TPSA) is 50.8 Å². The molecule has 0 bridgehead atoms. The summed E-state index contributed by atoms with van der Waals surface area (Å²) >= 11 is 0. The number of rotatable bonds is 16. The van der Waals surface area contributed by atoms with Crippen molar-refractivity contribution in [2.45, 2.75) is 0 Å². The van der Waals surface area contributed by atoms with Crippen molar-refractivity contribution in [2.24, 2.45) is 0 Å². The molecule has 8 nitrogen and oxygen atoms in total. The molecule has 30 rings (SSSR count). The van der Waals surface area contributed by atoms with Gasteiger partial charge in [0.25, 0.3) is 0 Å². The predicted octanol–water partition coefficient (Wildman–Crippen LogP) is 39.8. The lowest BCUT2D eigenvalue weighted by molar-refractivity contribution is 0.668. The van der Waals surface area contributed by atoms with Crippen LogP contribution in [0.1, 0.15) is 0 Å². The van der Waals surface area contributed by atoms with Gasteiger partial charge < -0.3 is 37.2 Å². The third-order valence-corrected chi connectivity index (χ3v) is 29.8. The Morgan fingerprint density at radius 1 is 0.127 bits per heavy atom. The van der Waals surface area contributed by atoms with Crippen LogP contribution in [-0.4, -0.2) is 13.7 Å². The van der Waals surface area contributed by atoms with E-state index in [2.05, 4.69) is 574 Å². The SMILES string of the molecule is c1ccc(-c2ccc(N(c3ccc(-c4ccccc4)cc3)c3ccc4ccc5c6ccccc6n(-c6ccccc6)c5c4c3)cc2)cc1.c1ccc(-c2ccc(N(c3ccc4c(c3)oc3ccccc34)c3ccc4c5cc6ccccc6cc5n(-c5ccccc5)c4c3)cc2)cc1.c1ccc(-c2cccc(N(c3ccc4c(c3)oc3ccccc34)c3ccc4c5cc6ccccc6cc5n(-c5ccc6ccccc6c5)c4c3)c2)cc1. The van der Waals surface area contributed by atoms with E-state index in [4.69, 9.17) is 8.83 Å². The summed E-state index contributed by atoms with van der Waals surface area (Å²) < 4.78 is 20.1. The molecule has 8 heteroatoms. The number of fused-ring (bicyclic) bond motifs is 20. The molecule has 0 radical (unpaired) electrons. The first kappa shape index (κ1) is 87.7. The monoisotopic (exact) mass is 1910 g/mol. The van der Waals surface area contributed by atoms with E-state index in [1.165, 1.54) is 136 Å². The van der Waals surface area contributed by atoms with Crippen molar-refractivity contribution in [2.75, 3.05) is 14.7 Å². The molecule has 0 amide bonds. The Labute approximate surface area is 866 Å². The molecule has 0 unspecified atom stereocenters. The van der Waals surface area contributed by atoms with Crippen LogP contribution in [0.3, 0.4) is 0 Å². The normalized spacial score (nSPS) is 11.6. The first-order valence-electron chi connectivity index (χ1n) is 51.2. The highest BCUT2D eigenvalue weighted by Gasteiger charge is 2.26. The van der Waals surface area contributed by atoms with Crippen LogP contribution in [0, 0.1) is 0 Å². The number of benzene rings is 25. The van der Waals surface area contributed by atoms with Gasteiger partial charge in [-0.15, -0.1) is 0 Å². The van der Waals surface area contributed by atoms with Crippen molar-refractivity contribution in [1.29, 1.82) is 0 Å². The van der Waals surface area contributed by atoms with Crippen molar-refractivity contribution in [3.63, 3.8) is 0 Å². The van der Waals surface area contributed by atoms with E-state index in [0.29, 0.717) is 0 Å². The van der Waals surface area contributed by atoms with Gasteiger partial charge in [0.2, 0.25) is 0 Å². The van der Waals surface area contributed by atoms with E-state index in [0.717, 1.165) is 129 Å². The summed E-state index contributed by atoms with van der Waals surface area (Å²) in [6.45, 7) is 0. The molecule has 0 aliphatic rings. The van der Waals surface area contributed by atoms with Gasteiger partial charge in [0.1, 0.15) is 22.3 Å². The number of hydrogen-bond donors (Lipinski definition) is 0. The highest BCUT2D eigenvalue weighted by atomic mass is 16.3. The average molecular weight is 1920 g/mol. The highest BCUT2D eigenvalue weighted by Crippen LogP contribution is 2.50. The third-order valence-electron chi connectivity index (χ3n) is 29.8. The maximum Gasteiger partial charge on any atom is 0.137 e. The molecule has 0 aliphatic carbocycles. The van der Waals surface area contributed by atoms with Crippen LogP contribution in [0.15, 0.2) is 579 Å². The Bertz CT molecular complexity index is 10300. The lowest BCUT2D eigenvalue weighted by Gasteiger charge is -2.26. The zero-order valence-corrected chi connectivity index (χ0v) is 81.8. The molecule has 150 heavy (non-hydrogen) atoms. The Hall–Kier alpha value is -20.1. The van der Waals surface area contributed by atoms with Crippen molar-refractivity contribution < 1.29 is 8.83 Å². The van der Waals surface area contributed by atoms with Crippen molar-refractivity contribution >= 4 is 204 Å². The van der Waals surface area contributed by atoms with Crippen molar-refractivity contribution in [1.82, 2.24) is 13.7 Å². The quantitative estimate of drug-likeness (QED) is 0.0965. The van der Waals surface area contributed by atoms with E-state index in [1.54, 1.807) is 0 Å². The number of hydrogen-bond acceptors (Lipinski definition) is 5. The van der Waals surface area contributed by atoms with Crippen LogP contribution in [0.2, 0.25) is 0 Å². The number of aromatic nitrogens is 3. The number of anilines is 9. The molecule has 0 atom stereocenters. The Morgan fingerprint density at radius 2 is 0.427 bits per heavy atom. The Morgan fingerprint density at radius 3 is 0.913 bits per heavy atom. The molecule has 0 saturated heterocycles. The summed E-state index contributed by atoms with van der Waals surface area (Å²) in [6, 6.07) is 205. The molecule has 704 valence electrons. The van der Waals surface area contributed by atoms with Gasteiger partial charge in [-0.05, 0) is 270 Å². The first-order valence-corrected chi connectivity index (χ1v) is 51.2. The fourth-order valence-electron chi connectivity index (χ4n) is 22.7. The van der Waals surface area contributed by atoms with Crippen LogP contribution >= 0.6 is 0 Å². The molecule has 5 aromatic heterocycles. The molecule has 0 aliphatic heterocycles. The van der Waals surface area contributed by atoms with Crippen molar-refractivity contribution in [3.05, 3.63) is 570 Å². The van der Waals surface area contributed by atoms with Gasteiger partial charge >= 0.3 is 0 Å². The van der Waals surface area contributed by atoms with Crippen molar-refractivity contribution in [3.8, 4) is 61.6 Å². The zero-order valence-electron chi connectivity index (χ0n) is 81.8. The van der Waals surface area contributed by atoms with Gasteiger partial charge in [0.15, 0.2) is 0 Å². The van der Waals surface area contributed by atoms with E-state index in [9.17, 15) is 0 Å². The van der Waals surface area contributed by atoms with Gasteiger partial charge in [-0.2, -0.15) is 0 Å². The molecule has 0 saturated carbocycles. The van der Waals surface area contributed by atoms with Crippen LogP contribution in [0.25, 0.3) is 214 Å². The summed E-state index contributed by atoms with van der Waals surface area (Å²) in [7, 11) is 0. The maximum absolute atomic E-state index is 6.44. The lowest BCUT2D eigenvalue weighted by atomic mass is 10.0. The lowest BCUT2D eigenvalue weighted by Crippen LogP contribution is -2.10. The van der Waals surface area contributed by atoms with E-state index >= 15 is 0 Å². The fraction of sp³-hybridized carbons (Fsp3) is 0. The van der Waals surface area contributed by atoms with E-state index < -0.39 is 0 Å². The second-order valence-corrected chi connectivity index (χ2v) is 38.6. The summed E-state index contributed by atoms with van der Waals surface area (Å²) in [5.74, 6) is 0. The molecule has 0 spiro atoms. The molecule has 30 aromatic rings. The standard InChI is InChI=1S/C50H32N2O.C46H30N2O.C46H32N2/c1-2-11-33(12-3-1)36-17-10-18-39(27-36)51(42-24-26-45-44-19-8-9-20-49(44)53-50(45)32-42)41-23-25-43-46-29-37-15-6-7-16-38(37)30-47(46)52(48(43)31-41)40-22-21-34-13-4-5-14-35(34)28-40;1-3-11-31(12-4-1)32-19-21-36(22-20-32)47(38-24-26-41-40-17-9-10-18-45(40)49-46(41)30-38)37-23-25-39-42-27-33-13-7-8-14-34(33)28-43(42)48(44(39)29-37)35-15-5-2-6-16-35;1-4-12-33(13-5-1)35-20-26-39(27-21-35)47(40-28-22-36(23-29-40)34-14-6-2-7-15-34)41-30-24-37-25-31-43-42-18-10-11-19-45(42)48(46(43)44(37)32-41)38-16-8-3-9-17-38/h1-32H;1-30H;1-32H. The summed E-state index contributed by atoms with van der Waals surface area (Å²) in [5.41, 5.74) is 33.3. The van der Waals surface area contributed by atoms with Gasteiger partial charge in [-0.1, -0.05) is 370 Å². The summed E-state index contributed by atoms with van der Waals surface area (Å²) in [6.07, 6.45) is 0. The van der Waals surface area contributed by atoms with E-state index in [-0.39, 0.29) is 0 Å². The fourth-order valence-corrected chi connectivity index (χ4v) is 22.7.